The molecule has 0 aliphatic carbocycles. The fourth-order valence-corrected chi connectivity index (χ4v) is 7.91. The molecule has 2 bridgehead atoms. The van der Waals surface area contributed by atoms with Crippen molar-refractivity contribution in [3.05, 3.63) is 49.6 Å². The first-order valence-corrected chi connectivity index (χ1v) is 15.8. The number of nitrogens with zero attached hydrogens (tertiary/aromatic N) is 3. The lowest BCUT2D eigenvalue weighted by atomic mass is 9.70. The van der Waals surface area contributed by atoms with Gasteiger partial charge in [-0.2, -0.15) is 0 Å². The van der Waals surface area contributed by atoms with Crippen molar-refractivity contribution in [2.75, 3.05) is 42.6 Å². The van der Waals surface area contributed by atoms with Gasteiger partial charge in [0.15, 0.2) is 0 Å². The van der Waals surface area contributed by atoms with Gasteiger partial charge in [-0.3, -0.25) is 14.4 Å². The van der Waals surface area contributed by atoms with Crippen LogP contribution in [0.4, 0.5) is 11.4 Å². The van der Waals surface area contributed by atoms with Crippen LogP contribution in [0.3, 0.4) is 0 Å². The number of anilines is 2. The Kier molecular flexibility index (Phi) is 10.2. The summed E-state index contributed by atoms with van der Waals surface area (Å²) in [4.78, 5) is 47.6. The van der Waals surface area contributed by atoms with Crippen molar-refractivity contribution >= 4 is 45.1 Å². The van der Waals surface area contributed by atoms with Gasteiger partial charge in [-0.15, -0.1) is 13.2 Å². The zero-order valence-electron chi connectivity index (χ0n) is 25.1. The molecule has 9 nitrogen and oxygen atoms in total. The van der Waals surface area contributed by atoms with Gasteiger partial charge in [0.1, 0.15) is 11.6 Å². The summed E-state index contributed by atoms with van der Waals surface area (Å²) in [5.74, 6) is -3.12. The van der Waals surface area contributed by atoms with Gasteiger partial charge in [0, 0.05) is 35.8 Å². The van der Waals surface area contributed by atoms with E-state index in [9.17, 15) is 19.5 Å². The van der Waals surface area contributed by atoms with Crippen molar-refractivity contribution in [2.45, 2.75) is 69.2 Å². The maximum atomic E-state index is 14.8. The molecule has 3 unspecified atom stereocenters. The third kappa shape index (κ3) is 5.42. The Morgan fingerprint density at radius 3 is 2.38 bits per heavy atom. The standard InChI is InChI=1S/C32H44BrN3O6/c1-7-11-17-41-31(40)25-26-29(38)36(24(19-37)20(5)6)28(32(26)18-23(33)27(25)42-32)30(39)35(16-8-2)22-14-12-21(13-15-22)34(9-3)10-4/h7-8,12-15,20,23-28,37H,1-2,9-11,16-19H2,3-6H3/t23?,24-,25-,26-,27-,28?,32?/m0/s1. The van der Waals surface area contributed by atoms with Crippen LogP contribution in [0.5, 0.6) is 0 Å². The maximum absolute atomic E-state index is 14.8. The van der Waals surface area contributed by atoms with E-state index in [4.69, 9.17) is 9.47 Å². The van der Waals surface area contributed by atoms with Gasteiger partial charge in [-0.1, -0.05) is 41.9 Å². The predicted octanol–water partition coefficient (Wildman–Crippen LogP) is 3.94. The molecule has 3 aliphatic heterocycles. The molecule has 4 rings (SSSR count). The second kappa shape index (κ2) is 13.3. The largest absolute Gasteiger partial charge is 0.465 e. The summed E-state index contributed by atoms with van der Waals surface area (Å²) in [6, 6.07) is 6.07. The number of hydrogen-bond donors (Lipinski definition) is 1. The zero-order valence-corrected chi connectivity index (χ0v) is 26.7. The van der Waals surface area contributed by atoms with E-state index in [2.05, 4.69) is 47.8 Å². The first kappa shape index (κ1) is 32.2. The number of ether oxygens (including phenoxy) is 2. The molecular weight excluding hydrogens is 602 g/mol. The van der Waals surface area contributed by atoms with Gasteiger partial charge >= 0.3 is 5.97 Å². The Balaban J connectivity index is 1.79. The average Bonchev–Trinajstić information content (AvgIpc) is 3.56. The van der Waals surface area contributed by atoms with E-state index in [1.165, 1.54) is 4.90 Å². The highest BCUT2D eigenvalue weighted by molar-refractivity contribution is 9.09. The number of amides is 2. The van der Waals surface area contributed by atoms with Crippen LogP contribution >= 0.6 is 15.9 Å². The van der Waals surface area contributed by atoms with E-state index < -0.39 is 41.6 Å². The normalized spacial score (nSPS) is 28.5. The topological polar surface area (TPSA) is 99.6 Å². The average molecular weight is 647 g/mol. The molecule has 1 N–H and O–H groups in total. The zero-order chi connectivity index (χ0) is 30.8. The van der Waals surface area contributed by atoms with Crippen molar-refractivity contribution < 1.29 is 29.0 Å². The lowest BCUT2D eigenvalue weighted by Crippen LogP contribution is -2.60. The van der Waals surface area contributed by atoms with E-state index in [0.29, 0.717) is 18.5 Å². The summed E-state index contributed by atoms with van der Waals surface area (Å²) in [5.41, 5.74) is 0.457. The Bertz CT molecular complexity index is 1170. The van der Waals surface area contributed by atoms with E-state index in [1.54, 1.807) is 17.1 Å². The molecule has 3 heterocycles. The van der Waals surface area contributed by atoms with Gasteiger partial charge in [0.25, 0.3) is 5.91 Å². The number of carbonyl (C=O) groups excluding carboxylic acids is 3. The fraction of sp³-hybridized carbons (Fsp3) is 0.594. The third-order valence-electron chi connectivity index (χ3n) is 8.98. The summed E-state index contributed by atoms with van der Waals surface area (Å²) >= 11 is 3.69. The number of esters is 1. The molecule has 3 fully saturated rings. The summed E-state index contributed by atoms with van der Waals surface area (Å²) in [7, 11) is 0. The van der Waals surface area contributed by atoms with Crippen LogP contribution in [0.25, 0.3) is 0 Å². The number of alkyl halides is 1. The molecule has 7 atom stereocenters. The van der Waals surface area contributed by atoms with Crippen molar-refractivity contribution in [1.82, 2.24) is 4.90 Å². The number of halogens is 1. The Morgan fingerprint density at radius 1 is 1.19 bits per heavy atom. The molecule has 1 aromatic rings. The predicted molar refractivity (Wildman–Crippen MR) is 167 cm³/mol. The van der Waals surface area contributed by atoms with Gasteiger partial charge in [-0.25, -0.2) is 0 Å². The number of aliphatic hydroxyl groups is 1. The van der Waals surface area contributed by atoms with E-state index in [-0.39, 0.29) is 42.3 Å². The van der Waals surface area contributed by atoms with Gasteiger partial charge in [0.2, 0.25) is 5.91 Å². The molecule has 42 heavy (non-hydrogen) atoms. The van der Waals surface area contributed by atoms with Crippen LogP contribution < -0.4 is 9.80 Å². The molecule has 0 saturated carbocycles. The minimum absolute atomic E-state index is 0.152. The first-order chi connectivity index (χ1) is 20.1. The van der Waals surface area contributed by atoms with Crippen molar-refractivity contribution in [2.24, 2.45) is 17.8 Å². The number of fused-ring (bicyclic) bond motifs is 1. The molecular formula is C32H44BrN3O6. The first-order valence-electron chi connectivity index (χ1n) is 14.9. The number of likely N-dealkylation sites (tertiary alicyclic amines) is 1. The van der Waals surface area contributed by atoms with Gasteiger partial charge < -0.3 is 29.3 Å². The highest BCUT2D eigenvalue weighted by Crippen LogP contribution is 2.61. The van der Waals surface area contributed by atoms with Crippen LogP contribution in [0.2, 0.25) is 0 Å². The highest BCUT2D eigenvalue weighted by Gasteiger charge is 2.77. The minimum Gasteiger partial charge on any atom is -0.465 e. The molecule has 1 spiro atoms. The van der Waals surface area contributed by atoms with Crippen molar-refractivity contribution in [1.29, 1.82) is 0 Å². The Morgan fingerprint density at radius 2 is 1.83 bits per heavy atom. The molecule has 3 aliphatic rings. The monoisotopic (exact) mass is 645 g/mol. The number of benzene rings is 1. The SMILES string of the molecule is C=CCCOC(=O)[C@H]1[C@H]2C(=O)N([C@@H](CO)C(C)C)C(C(=O)N(CC=C)c3ccc(N(CC)CC)cc3)C23CC(Br)[C@@H]1O3. The molecule has 1 aromatic carbocycles. The number of aliphatic hydroxyl groups excluding tert-OH is 1. The van der Waals surface area contributed by atoms with Crippen molar-refractivity contribution in [3.8, 4) is 0 Å². The summed E-state index contributed by atoms with van der Waals surface area (Å²) in [6.07, 6.45) is 3.56. The number of hydrogen-bond acceptors (Lipinski definition) is 7. The van der Waals surface area contributed by atoms with Crippen LogP contribution in [-0.2, 0) is 23.9 Å². The van der Waals surface area contributed by atoms with E-state index in [1.807, 2.05) is 38.1 Å². The number of rotatable bonds is 14. The van der Waals surface area contributed by atoms with Crippen LogP contribution in [0.1, 0.15) is 40.5 Å². The molecule has 230 valence electrons. The van der Waals surface area contributed by atoms with Gasteiger partial charge in [-0.05, 0) is 56.9 Å². The highest BCUT2D eigenvalue weighted by atomic mass is 79.9. The smallest absolute Gasteiger partial charge is 0.312 e. The lowest BCUT2D eigenvalue weighted by Gasteiger charge is -2.40. The summed E-state index contributed by atoms with van der Waals surface area (Å²) in [6.45, 7) is 17.3. The quantitative estimate of drug-likeness (QED) is 0.142. The Labute approximate surface area is 257 Å². The molecule has 0 aromatic heterocycles. The van der Waals surface area contributed by atoms with Crippen LogP contribution in [0.15, 0.2) is 49.6 Å². The van der Waals surface area contributed by atoms with E-state index in [0.717, 1.165) is 18.8 Å². The van der Waals surface area contributed by atoms with Crippen LogP contribution in [-0.4, -0.2) is 89.3 Å². The minimum atomic E-state index is -1.25. The summed E-state index contributed by atoms with van der Waals surface area (Å²) < 4.78 is 12.1. The molecule has 10 heteroatoms. The van der Waals surface area contributed by atoms with Crippen molar-refractivity contribution in [3.63, 3.8) is 0 Å². The van der Waals surface area contributed by atoms with Crippen LogP contribution in [0, 0.1) is 17.8 Å². The van der Waals surface area contributed by atoms with E-state index >= 15 is 0 Å². The maximum Gasteiger partial charge on any atom is 0.312 e. The fourth-order valence-electron chi connectivity index (χ4n) is 6.96. The summed E-state index contributed by atoms with van der Waals surface area (Å²) in [5, 5.41) is 10.5. The second-order valence-corrected chi connectivity index (χ2v) is 12.8. The molecule has 2 amide bonds. The lowest BCUT2D eigenvalue weighted by molar-refractivity contribution is -0.155. The molecule has 0 radical (unpaired) electrons. The number of carbonyl (C=O) groups is 3. The molecule has 3 saturated heterocycles. The van der Waals surface area contributed by atoms with Gasteiger partial charge in [0.05, 0.1) is 37.2 Å². The Hall–Kier alpha value is -2.69. The third-order valence-corrected chi connectivity index (χ3v) is 9.83. The second-order valence-electron chi connectivity index (χ2n) is 11.6.